The van der Waals surface area contributed by atoms with Gasteiger partial charge in [0.05, 0.1) is 17.3 Å². The average Bonchev–Trinajstić information content (AvgIpc) is 2.90. The molecule has 21 heavy (non-hydrogen) atoms. The SMILES string of the molecule is O=C(CNc1ccc(F)cc1Cl)NC(=O)NC1CCCC1. The van der Waals surface area contributed by atoms with E-state index in [4.69, 9.17) is 11.6 Å². The van der Waals surface area contributed by atoms with E-state index in [2.05, 4.69) is 16.0 Å². The molecule has 2 rings (SSSR count). The lowest BCUT2D eigenvalue weighted by molar-refractivity contribution is -0.118. The first-order chi connectivity index (χ1) is 10.0. The van der Waals surface area contributed by atoms with Crippen molar-refractivity contribution in [1.29, 1.82) is 0 Å². The third kappa shape index (κ3) is 4.90. The molecule has 0 spiro atoms. The fourth-order valence-electron chi connectivity index (χ4n) is 2.27. The maximum atomic E-state index is 12.9. The molecule has 5 nitrogen and oxygen atoms in total. The highest BCUT2D eigenvalue weighted by atomic mass is 35.5. The van der Waals surface area contributed by atoms with Gasteiger partial charge in [0.15, 0.2) is 0 Å². The molecule has 0 atom stereocenters. The first kappa shape index (κ1) is 15.6. The van der Waals surface area contributed by atoms with Crippen molar-refractivity contribution in [1.82, 2.24) is 10.6 Å². The number of benzene rings is 1. The normalized spacial score (nSPS) is 14.8. The average molecular weight is 314 g/mol. The molecule has 0 heterocycles. The maximum Gasteiger partial charge on any atom is 0.321 e. The Morgan fingerprint density at radius 3 is 2.67 bits per heavy atom. The molecule has 1 aliphatic carbocycles. The summed E-state index contributed by atoms with van der Waals surface area (Å²) in [6.45, 7) is -0.122. The van der Waals surface area contributed by atoms with E-state index in [9.17, 15) is 14.0 Å². The summed E-state index contributed by atoms with van der Waals surface area (Å²) in [5, 5.41) is 7.92. The van der Waals surface area contributed by atoms with Gasteiger partial charge in [-0.05, 0) is 31.0 Å². The minimum absolute atomic E-state index is 0.122. The lowest BCUT2D eigenvalue weighted by atomic mass is 10.2. The topological polar surface area (TPSA) is 70.2 Å². The van der Waals surface area contributed by atoms with Crippen molar-refractivity contribution in [3.63, 3.8) is 0 Å². The molecular weight excluding hydrogens is 297 g/mol. The van der Waals surface area contributed by atoms with Crippen LogP contribution in [0, 0.1) is 5.82 Å². The Hall–Kier alpha value is -1.82. The zero-order chi connectivity index (χ0) is 15.2. The molecule has 0 saturated heterocycles. The lowest BCUT2D eigenvalue weighted by Gasteiger charge is -2.13. The largest absolute Gasteiger partial charge is 0.375 e. The van der Waals surface area contributed by atoms with Gasteiger partial charge in [-0.3, -0.25) is 10.1 Å². The fraction of sp³-hybridized carbons (Fsp3) is 0.429. The number of halogens is 2. The zero-order valence-corrected chi connectivity index (χ0v) is 12.2. The molecule has 1 aromatic rings. The Balaban J connectivity index is 1.75. The van der Waals surface area contributed by atoms with Gasteiger partial charge in [-0.1, -0.05) is 24.4 Å². The molecule has 7 heteroatoms. The Labute approximate surface area is 127 Å². The van der Waals surface area contributed by atoms with Crippen LogP contribution in [0.1, 0.15) is 25.7 Å². The molecule has 1 saturated carbocycles. The molecule has 1 aromatic carbocycles. The maximum absolute atomic E-state index is 12.9. The van der Waals surface area contributed by atoms with E-state index in [1.54, 1.807) is 0 Å². The summed E-state index contributed by atoms with van der Waals surface area (Å²) in [5.74, 6) is -0.933. The van der Waals surface area contributed by atoms with Gasteiger partial charge in [0.25, 0.3) is 0 Å². The first-order valence-electron chi connectivity index (χ1n) is 6.84. The van der Waals surface area contributed by atoms with Crippen LogP contribution in [0.15, 0.2) is 18.2 Å². The van der Waals surface area contributed by atoms with Crippen LogP contribution in [-0.4, -0.2) is 24.5 Å². The van der Waals surface area contributed by atoms with Crippen molar-refractivity contribution < 1.29 is 14.0 Å². The molecular formula is C14H17ClFN3O2. The highest BCUT2D eigenvalue weighted by Crippen LogP contribution is 2.22. The number of hydrogen-bond donors (Lipinski definition) is 3. The molecule has 0 unspecified atom stereocenters. The number of amides is 3. The van der Waals surface area contributed by atoms with E-state index in [-0.39, 0.29) is 17.6 Å². The number of rotatable bonds is 4. The number of carbonyl (C=O) groups excluding carboxylic acids is 2. The summed E-state index contributed by atoms with van der Waals surface area (Å²) in [5.41, 5.74) is 0.435. The number of hydrogen-bond acceptors (Lipinski definition) is 3. The number of anilines is 1. The van der Waals surface area contributed by atoms with Crippen LogP contribution >= 0.6 is 11.6 Å². The second-order valence-electron chi connectivity index (χ2n) is 4.98. The van der Waals surface area contributed by atoms with Crippen LogP contribution in [0.5, 0.6) is 0 Å². The number of imide groups is 1. The Morgan fingerprint density at radius 1 is 1.29 bits per heavy atom. The fourth-order valence-corrected chi connectivity index (χ4v) is 2.50. The van der Waals surface area contributed by atoms with Gasteiger partial charge < -0.3 is 10.6 Å². The van der Waals surface area contributed by atoms with E-state index < -0.39 is 17.8 Å². The van der Waals surface area contributed by atoms with Gasteiger partial charge in [-0.15, -0.1) is 0 Å². The lowest BCUT2D eigenvalue weighted by Crippen LogP contribution is -2.45. The van der Waals surface area contributed by atoms with Gasteiger partial charge in [-0.25, -0.2) is 9.18 Å². The smallest absolute Gasteiger partial charge is 0.321 e. The van der Waals surface area contributed by atoms with E-state index >= 15 is 0 Å². The predicted molar refractivity (Wildman–Crippen MR) is 78.8 cm³/mol. The summed E-state index contributed by atoms with van der Waals surface area (Å²) < 4.78 is 12.9. The second kappa shape index (κ2) is 7.26. The number of urea groups is 1. The first-order valence-corrected chi connectivity index (χ1v) is 7.21. The summed E-state index contributed by atoms with van der Waals surface area (Å²) >= 11 is 5.82. The standard InChI is InChI=1S/C14H17ClFN3O2/c15-11-7-9(16)5-6-12(11)17-8-13(20)19-14(21)18-10-3-1-2-4-10/h5-7,10,17H,1-4,8H2,(H2,18,19,20,21). The summed E-state index contributed by atoms with van der Waals surface area (Å²) in [7, 11) is 0. The molecule has 1 aliphatic rings. The van der Waals surface area contributed by atoms with Gasteiger partial charge in [0, 0.05) is 6.04 Å². The molecule has 0 aromatic heterocycles. The predicted octanol–water partition coefficient (Wildman–Crippen LogP) is 2.66. The van der Waals surface area contributed by atoms with E-state index in [0.29, 0.717) is 5.69 Å². The van der Waals surface area contributed by atoms with Crippen LogP contribution in [0.25, 0.3) is 0 Å². The van der Waals surface area contributed by atoms with Crippen LogP contribution in [-0.2, 0) is 4.79 Å². The van der Waals surface area contributed by atoms with Gasteiger partial charge in [0.2, 0.25) is 5.91 Å². The summed E-state index contributed by atoms with van der Waals surface area (Å²) in [6, 6.07) is 3.48. The highest BCUT2D eigenvalue weighted by molar-refractivity contribution is 6.33. The van der Waals surface area contributed by atoms with Crippen LogP contribution in [0.3, 0.4) is 0 Å². The van der Waals surface area contributed by atoms with Crippen molar-refractivity contribution in [3.05, 3.63) is 29.0 Å². The quantitative estimate of drug-likeness (QED) is 0.800. The highest BCUT2D eigenvalue weighted by Gasteiger charge is 2.18. The van der Waals surface area contributed by atoms with E-state index in [1.165, 1.54) is 12.1 Å². The van der Waals surface area contributed by atoms with Crippen molar-refractivity contribution in [2.45, 2.75) is 31.7 Å². The Morgan fingerprint density at radius 2 is 2.00 bits per heavy atom. The van der Waals surface area contributed by atoms with E-state index in [0.717, 1.165) is 31.7 Å². The van der Waals surface area contributed by atoms with Crippen LogP contribution in [0.4, 0.5) is 14.9 Å². The minimum atomic E-state index is -0.487. The van der Waals surface area contributed by atoms with Gasteiger partial charge >= 0.3 is 6.03 Å². The van der Waals surface area contributed by atoms with Crippen molar-refractivity contribution >= 4 is 29.2 Å². The molecule has 0 bridgehead atoms. The molecule has 3 N–H and O–H groups in total. The molecule has 1 fully saturated rings. The third-order valence-corrected chi connectivity index (χ3v) is 3.63. The number of nitrogens with one attached hydrogen (secondary N) is 3. The molecule has 0 radical (unpaired) electrons. The van der Waals surface area contributed by atoms with Crippen molar-refractivity contribution in [2.75, 3.05) is 11.9 Å². The van der Waals surface area contributed by atoms with Gasteiger partial charge in [0.1, 0.15) is 5.82 Å². The van der Waals surface area contributed by atoms with Crippen molar-refractivity contribution in [3.8, 4) is 0 Å². The monoisotopic (exact) mass is 313 g/mol. The number of carbonyl (C=O) groups is 2. The summed E-state index contributed by atoms with van der Waals surface area (Å²) in [4.78, 5) is 23.2. The van der Waals surface area contributed by atoms with Crippen LogP contribution < -0.4 is 16.0 Å². The Bertz CT molecular complexity index is 533. The van der Waals surface area contributed by atoms with Gasteiger partial charge in [-0.2, -0.15) is 0 Å². The third-order valence-electron chi connectivity index (χ3n) is 3.31. The van der Waals surface area contributed by atoms with E-state index in [1.807, 2.05) is 0 Å². The van der Waals surface area contributed by atoms with Crippen molar-refractivity contribution in [2.24, 2.45) is 0 Å². The second-order valence-corrected chi connectivity index (χ2v) is 5.39. The zero-order valence-electron chi connectivity index (χ0n) is 11.4. The molecule has 3 amide bonds. The van der Waals surface area contributed by atoms with Crippen LogP contribution in [0.2, 0.25) is 5.02 Å². The molecule has 114 valence electrons. The minimum Gasteiger partial charge on any atom is -0.375 e. The summed E-state index contributed by atoms with van der Waals surface area (Å²) in [6.07, 6.45) is 4.10. The Kier molecular flexibility index (Phi) is 5.38. The molecule has 0 aliphatic heterocycles.